The van der Waals surface area contributed by atoms with Crippen molar-refractivity contribution in [2.45, 2.75) is 37.4 Å². The maximum atomic E-state index is 11.6. The van der Waals surface area contributed by atoms with Gasteiger partial charge in [0.05, 0.1) is 6.10 Å². The van der Waals surface area contributed by atoms with E-state index in [0.29, 0.717) is 6.54 Å². The Balaban J connectivity index is 2.48. The fourth-order valence-electron chi connectivity index (χ4n) is 1.87. The Morgan fingerprint density at radius 1 is 1.46 bits per heavy atom. The maximum absolute atomic E-state index is 11.6. The molecule has 1 rings (SSSR count). The third kappa shape index (κ3) is 3.04. The largest absolute Gasteiger partial charge is 0.392 e. The van der Waals surface area contributed by atoms with Gasteiger partial charge in [-0.15, -0.1) is 0 Å². The summed E-state index contributed by atoms with van der Waals surface area (Å²) in [6, 6.07) is 0. The Labute approximate surface area is 82.6 Å². The van der Waals surface area contributed by atoms with Crippen LogP contribution in [0.1, 0.15) is 20.8 Å². The summed E-state index contributed by atoms with van der Waals surface area (Å²) in [6.07, 6.45) is -0.286. The molecule has 0 saturated carbocycles. The Morgan fingerprint density at radius 3 is 2.31 bits per heavy atom. The van der Waals surface area contributed by atoms with E-state index in [-0.39, 0.29) is 16.6 Å². The van der Waals surface area contributed by atoms with E-state index in [4.69, 9.17) is 0 Å². The molecular formula is C9H19NO2S. The molecule has 0 spiro atoms. The summed E-state index contributed by atoms with van der Waals surface area (Å²) in [6.45, 7) is 8.22. The summed E-state index contributed by atoms with van der Waals surface area (Å²) < 4.78 is 11.6. The molecule has 1 saturated heterocycles. The first-order chi connectivity index (χ1) is 6.00. The summed E-state index contributed by atoms with van der Waals surface area (Å²) in [5, 5.41) is 9.70. The SMILES string of the molecule is CC(O)CN1CC(C)S(=O)C(C)C1. The summed E-state index contributed by atoms with van der Waals surface area (Å²) in [7, 11) is -0.689. The van der Waals surface area contributed by atoms with Crippen LogP contribution < -0.4 is 0 Å². The van der Waals surface area contributed by atoms with E-state index in [1.165, 1.54) is 0 Å². The molecule has 3 unspecified atom stereocenters. The van der Waals surface area contributed by atoms with Crippen molar-refractivity contribution in [2.24, 2.45) is 0 Å². The Kier molecular flexibility index (Phi) is 3.88. The van der Waals surface area contributed by atoms with Crippen molar-refractivity contribution < 1.29 is 9.32 Å². The van der Waals surface area contributed by atoms with Crippen molar-refractivity contribution in [3.05, 3.63) is 0 Å². The molecule has 0 aromatic heterocycles. The van der Waals surface area contributed by atoms with Crippen molar-refractivity contribution in [3.63, 3.8) is 0 Å². The normalized spacial score (nSPS) is 38.9. The molecule has 13 heavy (non-hydrogen) atoms. The molecule has 4 heteroatoms. The zero-order valence-electron chi connectivity index (χ0n) is 8.56. The van der Waals surface area contributed by atoms with Crippen LogP contribution in [-0.2, 0) is 10.8 Å². The molecule has 0 bridgehead atoms. The zero-order valence-corrected chi connectivity index (χ0v) is 9.38. The molecule has 0 amide bonds. The van der Waals surface area contributed by atoms with Gasteiger partial charge in [-0.1, -0.05) is 0 Å². The second-order valence-electron chi connectivity index (χ2n) is 4.02. The second-order valence-corrected chi connectivity index (χ2v) is 6.28. The Hall–Kier alpha value is 0.0700. The van der Waals surface area contributed by atoms with Gasteiger partial charge in [0.2, 0.25) is 0 Å². The predicted octanol–water partition coefficient (Wildman–Crippen LogP) is 0.208. The van der Waals surface area contributed by atoms with E-state index < -0.39 is 10.8 Å². The fraction of sp³-hybridized carbons (Fsp3) is 1.00. The van der Waals surface area contributed by atoms with Crippen LogP contribution in [0.4, 0.5) is 0 Å². The topological polar surface area (TPSA) is 40.5 Å². The van der Waals surface area contributed by atoms with Crippen molar-refractivity contribution in [1.82, 2.24) is 4.90 Å². The van der Waals surface area contributed by atoms with Crippen LogP contribution in [-0.4, -0.2) is 50.5 Å². The van der Waals surface area contributed by atoms with Gasteiger partial charge in [0.25, 0.3) is 0 Å². The molecular weight excluding hydrogens is 186 g/mol. The lowest BCUT2D eigenvalue weighted by atomic mass is 10.3. The monoisotopic (exact) mass is 205 g/mol. The number of aliphatic hydroxyl groups is 1. The van der Waals surface area contributed by atoms with Crippen LogP contribution in [0.25, 0.3) is 0 Å². The van der Waals surface area contributed by atoms with E-state index in [0.717, 1.165) is 13.1 Å². The minimum atomic E-state index is -0.689. The van der Waals surface area contributed by atoms with Gasteiger partial charge in [-0.25, -0.2) is 0 Å². The van der Waals surface area contributed by atoms with Gasteiger partial charge >= 0.3 is 0 Å². The average molecular weight is 205 g/mol. The highest BCUT2D eigenvalue weighted by atomic mass is 32.2. The lowest BCUT2D eigenvalue weighted by Crippen LogP contribution is -2.49. The van der Waals surface area contributed by atoms with E-state index in [9.17, 15) is 9.32 Å². The van der Waals surface area contributed by atoms with Gasteiger partial charge in [-0.2, -0.15) is 0 Å². The van der Waals surface area contributed by atoms with Crippen LogP contribution in [0.2, 0.25) is 0 Å². The molecule has 78 valence electrons. The van der Waals surface area contributed by atoms with Crippen LogP contribution in [0, 0.1) is 0 Å². The molecule has 3 atom stereocenters. The van der Waals surface area contributed by atoms with E-state index in [1.807, 2.05) is 13.8 Å². The molecule has 1 N–H and O–H groups in total. The standard InChI is InChI=1S/C9H19NO2S/c1-7(11)4-10-5-8(2)13(12)9(3)6-10/h7-9,11H,4-6H2,1-3H3. The van der Waals surface area contributed by atoms with Crippen molar-refractivity contribution in [2.75, 3.05) is 19.6 Å². The van der Waals surface area contributed by atoms with Gasteiger partial charge in [-0.3, -0.25) is 9.11 Å². The molecule has 3 nitrogen and oxygen atoms in total. The quantitative estimate of drug-likeness (QED) is 0.700. The fourth-order valence-corrected chi connectivity index (χ4v) is 3.38. The highest BCUT2D eigenvalue weighted by Crippen LogP contribution is 2.14. The first kappa shape index (κ1) is 11.1. The molecule has 1 heterocycles. The van der Waals surface area contributed by atoms with Crippen LogP contribution in [0.3, 0.4) is 0 Å². The highest BCUT2D eigenvalue weighted by Gasteiger charge is 2.28. The molecule has 0 aromatic rings. The van der Waals surface area contributed by atoms with Gasteiger partial charge < -0.3 is 5.11 Å². The smallest absolute Gasteiger partial charge is 0.0639 e. The number of nitrogens with zero attached hydrogens (tertiary/aromatic N) is 1. The number of rotatable bonds is 2. The number of hydrogen-bond donors (Lipinski definition) is 1. The van der Waals surface area contributed by atoms with E-state index in [1.54, 1.807) is 6.92 Å². The van der Waals surface area contributed by atoms with Crippen molar-refractivity contribution in [3.8, 4) is 0 Å². The van der Waals surface area contributed by atoms with Crippen molar-refractivity contribution in [1.29, 1.82) is 0 Å². The van der Waals surface area contributed by atoms with Gasteiger partial charge in [0.15, 0.2) is 0 Å². The molecule has 1 fully saturated rings. The first-order valence-corrected chi connectivity index (χ1v) is 6.08. The molecule has 1 aliphatic rings. The van der Waals surface area contributed by atoms with Gasteiger partial charge in [0, 0.05) is 40.9 Å². The third-order valence-corrected chi connectivity index (χ3v) is 4.23. The van der Waals surface area contributed by atoms with Crippen LogP contribution in [0.5, 0.6) is 0 Å². The minimum absolute atomic E-state index is 0.238. The Morgan fingerprint density at radius 2 is 1.92 bits per heavy atom. The van der Waals surface area contributed by atoms with Crippen LogP contribution in [0.15, 0.2) is 0 Å². The first-order valence-electron chi connectivity index (χ1n) is 4.80. The molecule has 1 aliphatic heterocycles. The molecule has 0 aromatic carbocycles. The summed E-state index contributed by atoms with van der Waals surface area (Å²) >= 11 is 0. The Bertz CT molecular complexity index is 182. The predicted molar refractivity (Wildman–Crippen MR) is 55.2 cm³/mol. The van der Waals surface area contributed by atoms with Gasteiger partial charge in [0.1, 0.15) is 0 Å². The summed E-state index contributed by atoms with van der Waals surface area (Å²) in [5.41, 5.74) is 0. The van der Waals surface area contributed by atoms with Crippen molar-refractivity contribution >= 4 is 10.8 Å². The summed E-state index contributed by atoms with van der Waals surface area (Å²) in [5.74, 6) is 0. The summed E-state index contributed by atoms with van der Waals surface area (Å²) in [4.78, 5) is 2.20. The van der Waals surface area contributed by atoms with Crippen LogP contribution >= 0.6 is 0 Å². The third-order valence-electron chi connectivity index (χ3n) is 2.35. The van der Waals surface area contributed by atoms with Gasteiger partial charge in [-0.05, 0) is 20.8 Å². The maximum Gasteiger partial charge on any atom is 0.0639 e. The highest BCUT2D eigenvalue weighted by molar-refractivity contribution is 7.86. The second kappa shape index (κ2) is 4.53. The van der Waals surface area contributed by atoms with E-state index >= 15 is 0 Å². The minimum Gasteiger partial charge on any atom is -0.392 e. The molecule has 0 aliphatic carbocycles. The lowest BCUT2D eigenvalue weighted by molar-refractivity contribution is 0.124. The van der Waals surface area contributed by atoms with E-state index in [2.05, 4.69) is 4.90 Å². The zero-order chi connectivity index (χ0) is 10.0. The number of aliphatic hydroxyl groups excluding tert-OH is 1. The lowest BCUT2D eigenvalue weighted by Gasteiger charge is -2.34. The average Bonchev–Trinajstić information content (AvgIpc) is 1.98. The number of β-amino-alcohol motifs (C(OH)–C–C–N with tert-alkyl or cyclic N) is 1. The number of hydrogen-bond acceptors (Lipinski definition) is 3. The molecule has 0 radical (unpaired) electrons.